The zero-order valence-electron chi connectivity index (χ0n) is 13.0. The van der Waals surface area contributed by atoms with Crippen molar-refractivity contribution < 1.29 is 9.59 Å². The Morgan fingerprint density at radius 2 is 2.29 bits per heavy atom. The van der Waals surface area contributed by atoms with Crippen LogP contribution in [0.5, 0.6) is 0 Å². The van der Waals surface area contributed by atoms with Crippen molar-refractivity contribution in [2.75, 3.05) is 11.9 Å². The first-order chi connectivity index (χ1) is 10.0. The Morgan fingerprint density at radius 3 is 2.86 bits per heavy atom. The number of aromatic nitrogens is 2. The van der Waals surface area contributed by atoms with E-state index in [4.69, 9.17) is 0 Å². The molecule has 116 valence electrons. The van der Waals surface area contributed by atoms with Crippen LogP contribution >= 0.6 is 0 Å². The Hall–Kier alpha value is -1.85. The highest BCUT2D eigenvalue weighted by Crippen LogP contribution is 2.20. The van der Waals surface area contributed by atoms with Crippen LogP contribution in [0.4, 0.5) is 5.82 Å². The second-order valence-electron chi connectivity index (χ2n) is 5.90. The maximum atomic E-state index is 12.5. The van der Waals surface area contributed by atoms with Crippen LogP contribution in [-0.2, 0) is 16.0 Å². The zero-order valence-corrected chi connectivity index (χ0v) is 13.0. The van der Waals surface area contributed by atoms with Crippen molar-refractivity contribution in [3.8, 4) is 0 Å². The molecular formula is C15H24N4O2. The van der Waals surface area contributed by atoms with Crippen molar-refractivity contribution in [1.29, 1.82) is 0 Å². The Balaban J connectivity index is 2.06. The van der Waals surface area contributed by atoms with E-state index in [-0.39, 0.29) is 17.7 Å². The molecule has 1 aromatic heterocycles. The third-order valence-corrected chi connectivity index (χ3v) is 3.75. The molecule has 6 heteroatoms. The Labute approximate surface area is 125 Å². The van der Waals surface area contributed by atoms with Crippen LogP contribution in [0.2, 0.25) is 0 Å². The van der Waals surface area contributed by atoms with Crippen LogP contribution in [0, 0.1) is 5.92 Å². The number of anilines is 1. The molecule has 0 saturated carbocycles. The third kappa shape index (κ3) is 3.62. The highest BCUT2D eigenvalue weighted by Gasteiger charge is 2.35. The minimum atomic E-state index is -0.425. The number of hydrogen-bond acceptors (Lipinski definition) is 3. The van der Waals surface area contributed by atoms with Gasteiger partial charge in [-0.2, -0.15) is 5.10 Å². The number of carbonyl (C=O) groups excluding carboxylic acids is 2. The van der Waals surface area contributed by atoms with Gasteiger partial charge in [0, 0.05) is 24.7 Å². The van der Waals surface area contributed by atoms with E-state index in [9.17, 15) is 9.59 Å². The summed E-state index contributed by atoms with van der Waals surface area (Å²) in [5, 5.41) is 9.84. The fraction of sp³-hybridized carbons (Fsp3) is 0.667. The van der Waals surface area contributed by atoms with Gasteiger partial charge in [0.05, 0.1) is 0 Å². The predicted octanol–water partition coefficient (Wildman–Crippen LogP) is 1.95. The lowest BCUT2D eigenvalue weighted by atomic mass is 10.0. The van der Waals surface area contributed by atoms with Gasteiger partial charge in [0.1, 0.15) is 6.04 Å². The molecule has 0 spiro atoms. The molecule has 0 aliphatic carbocycles. The van der Waals surface area contributed by atoms with Gasteiger partial charge in [0.2, 0.25) is 11.8 Å². The maximum Gasteiger partial charge on any atom is 0.248 e. The molecule has 1 aliphatic heterocycles. The molecule has 0 radical (unpaired) electrons. The lowest BCUT2D eigenvalue weighted by Crippen LogP contribution is -2.48. The monoisotopic (exact) mass is 292 g/mol. The van der Waals surface area contributed by atoms with Gasteiger partial charge in [0.25, 0.3) is 0 Å². The van der Waals surface area contributed by atoms with Gasteiger partial charge >= 0.3 is 0 Å². The van der Waals surface area contributed by atoms with Crippen LogP contribution in [0.1, 0.15) is 45.7 Å². The quantitative estimate of drug-likeness (QED) is 0.841. The predicted molar refractivity (Wildman–Crippen MR) is 80.8 cm³/mol. The smallest absolute Gasteiger partial charge is 0.248 e. The van der Waals surface area contributed by atoms with Gasteiger partial charge in [-0.3, -0.25) is 14.7 Å². The second kappa shape index (κ2) is 6.74. The summed E-state index contributed by atoms with van der Waals surface area (Å²) < 4.78 is 0. The highest BCUT2D eigenvalue weighted by molar-refractivity contribution is 5.97. The summed E-state index contributed by atoms with van der Waals surface area (Å²) in [5.74, 6) is 0.509. The fourth-order valence-corrected chi connectivity index (χ4v) is 2.79. The van der Waals surface area contributed by atoms with E-state index >= 15 is 0 Å². The number of likely N-dealkylation sites (tertiary alicyclic amines) is 1. The minimum absolute atomic E-state index is 0.0672. The van der Waals surface area contributed by atoms with Crippen molar-refractivity contribution in [1.82, 2.24) is 15.1 Å². The molecule has 2 heterocycles. The lowest BCUT2D eigenvalue weighted by molar-refractivity contribution is -0.136. The molecule has 0 unspecified atom stereocenters. The molecule has 0 bridgehead atoms. The molecule has 2 amide bonds. The molecule has 1 aliphatic rings. The van der Waals surface area contributed by atoms with E-state index in [1.165, 1.54) is 0 Å². The lowest BCUT2D eigenvalue weighted by Gasteiger charge is -2.29. The van der Waals surface area contributed by atoms with Crippen molar-refractivity contribution in [3.63, 3.8) is 0 Å². The first-order valence-electron chi connectivity index (χ1n) is 7.67. The molecule has 1 saturated heterocycles. The molecular weight excluding hydrogens is 268 g/mol. The summed E-state index contributed by atoms with van der Waals surface area (Å²) in [7, 11) is 0. The number of rotatable bonds is 6. The Kier molecular flexibility index (Phi) is 4.98. The largest absolute Gasteiger partial charge is 0.330 e. The second-order valence-corrected chi connectivity index (χ2v) is 5.90. The van der Waals surface area contributed by atoms with E-state index in [1.807, 2.05) is 19.9 Å². The first-order valence-corrected chi connectivity index (χ1v) is 7.67. The van der Waals surface area contributed by atoms with Crippen LogP contribution in [-0.4, -0.2) is 39.5 Å². The number of carbonyl (C=O) groups is 2. The number of H-pyrrole nitrogens is 1. The van der Waals surface area contributed by atoms with Crippen LogP contribution < -0.4 is 5.32 Å². The number of aromatic amines is 1. The Morgan fingerprint density at radius 1 is 1.52 bits per heavy atom. The Bertz CT molecular complexity index is 510. The minimum Gasteiger partial charge on any atom is -0.330 e. The van der Waals surface area contributed by atoms with E-state index in [0.29, 0.717) is 18.8 Å². The summed E-state index contributed by atoms with van der Waals surface area (Å²) in [6.45, 7) is 6.68. The summed E-state index contributed by atoms with van der Waals surface area (Å²) in [5.41, 5.74) is 1.01. The number of nitrogens with one attached hydrogen (secondary N) is 2. The normalized spacial score (nSPS) is 16.6. The average Bonchev–Trinajstić information content (AvgIpc) is 3.00. The van der Waals surface area contributed by atoms with Crippen molar-refractivity contribution in [2.24, 2.45) is 5.92 Å². The molecule has 2 rings (SSSR count). The van der Waals surface area contributed by atoms with Crippen molar-refractivity contribution in [3.05, 3.63) is 11.8 Å². The first kappa shape index (κ1) is 15.5. The molecule has 6 nitrogen and oxygen atoms in total. The molecule has 21 heavy (non-hydrogen) atoms. The van der Waals surface area contributed by atoms with Crippen molar-refractivity contribution in [2.45, 2.75) is 52.5 Å². The van der Waals surface area contributed by atoms with Gasteiger partial charge in [-0.25, -0.2) is 0 Å². The standard InChI is InChI=1S/C15H24N4O2/c1-4-6-11-9-12(18-17-11)16-15(21)14(10(2)3)19-8-5-7-13(19)20/h9-10,14H,4-8H2,1-3H3,(H2,16,17,18,21)/t14-/m0/s1. The summed E-state index contributed by atoms with van der Waals surface area (Å²) in [6.07, 6.45) is 3.30. The molecule has 1 aromatic rings. The fourth-order valence-electron chi connectivity index (χ4n) is 2.79. The number of amides is 2. The van der Waals surface area contributed by atoms with Gasteiger partial charge in [-0.05, 0) is 18.8 Å². The average molecular weight is 292 g/mol. The topological polar surface area (TPSA) is 78.1 Å². The van der Waals surface area contributed by atoms with Gasteiger partial charge in [-0.1, -0.05) is 27.2 Å². The van der Waals surface area contributed by atoms with E-state index in [0.717, 1.165) is 25.0 Å². The van der Waals surface area contributed by atoms with Crippen molar-refractivity contribution >= 4 is 17.6 Å². The molecule has 1 atom stereocenters. The van der Waals surface area contributed by atoms with Crippen LogP contribution in [0.15, 0.2) is 6.07 Å². The third-order valence-electron chi connectivity index (χ3n) is 3.75. The van der Waals surface area contributed by atoms with Gasteiger partial charge in [0.15, 0.2) is 5.82 Å². The number of nitrogens with zero attached hydrogens (tertiary/aromatic N) is 2. The molecule has 1 fully saturated rings. The summed E-state index contributed by atoms with van der Waals surface area (Å²) in [6, 6.07) is 1.43. The van der Waals surface area contributed by atoms with Crippen LogP contribution in [0.3, 0.4) is 0 Å². The van der Waals surface area contributed by atoms with E-state index in [2.05, 4.69) is 22.4 Å². The van der Waals surface area contributed by atoms with E-state index < -0.39 is 6.04 Å². The SMILES string of the molecule is CCCc1cc(NC(=O)[C@H](C(C)C)N2CCCC2=O)n[nH]1. The zero-order chi connectivity index (χ0) is 15.4. The van der Waals surface area contributed by atoms with Crippen LogP contribution in [0.25, 0.3) is 0 Å². The van der Waals surface area contributed by atoms with E-state index in [1.54, 1.807) is 4.90 Å². The number of aryl methyl sites for hydroxylation is 1. The maximum absolute atomic E-state index is 12.5. The molecule has 2 N–H and O–H groups in total. The number of hydrogen-bond donors (Lipinski definition) is 2. The highest BCUT2D eigenvalue weighted by atomic mass is 16.2. The molecule has 0 aromatic carbocycles. The van der Waals surface area contributed by atoms with Gasteiger partial charge in [-0.15, -0.1) is 0 Å². The van der Waals surface area contributed by atoms with Gasteiger partial charge < -0.3 is 10.2 Å². The summed E-state index contributed by atoms with van der Waals surface area (Å²) >= 11 is 0. The summed E-state index contributed by atoms with van der Waals surface area (Å²) in [4.78, 5) is 26.1.